The molecule has 1 atom stereocenters. The highest BCUT2D eigenvalue weighted by atomic mass is 32.2. The summed E-state index contributed by atoms with van der Waals surface area (Å²) < 4.78 is 5.67. The van der Waals surface area contributed by atoms with E-state index in [9.17, 15) is 9.59 Å². The molecule has 0 saturated carbocycles. The summed E-state index contributed by atoms with van der Waals surface area (Å²) >= 11 is 1.76. The molecule has 0 bridgehead atoms. The van der Waals surface area contributed by atoms with Crippen LogP contribution in [-0.2, 0) is 4.74 Å². The first-order valence-electron chi connectivity index (χ1n) is 7.42. The average molecular weight is 305 g/mol. The summed E-state index contributed by atoms with van der Waals surface area (Å²) in [5.74, 6) is 1.39. The van der Waals surface area contributed by atoms with Crippen molar-refractivity contribution in [3.8, 4) is 0 Å². The molecule has 2 amide bonds. The summed E-state index contributed by atoms with van der Waals surface area (Å²) in [5, 5.41) is 0. The van der Waals surface area contributed by atoms with E-state index in [0.717, 1.165) is 31.0 Å². The second-order valence-corrected chi connectivity index (χ2v) is 6.52. The lowest BCUT2D eigenvalue weighted by molar-refractivity contribution is 0.0315. The Balaban J connectivity index is 1.48. The van der Waals surface area contributed by atoms with Crippen LogP contribution < -0.4 is 0 Å². The van der Waals surface area contributed by atoms with Gasteiger partial charge in [0.05, 0.1) is 17.2 Å². The molecule has 1 saturated heterocycles. The number of rotatable bonds is 5. The molecule has 4 nitrogen and oxygen atoms in total. The Labute approximate surface area is 128 Å². The molecule has 1 fully saturated rings. The van der Waals surface area contributed by atoms with Crippen molar-refractivity contribution in [2.45, 2.75) is 25.4 Å². The monoisotopic (exact) mass is 305 g/mol. The largest absolute Gasteiger partial charge is 0.377 e. The Morgan fingerprint density at radius 2 is 1.86 bits per heavy atom. The fraction of sp³-hybridized carbons (Fsp3) is 0.500. The summed E-state index contributed by atoms with van der Waals surface area (Å²) in [7, 11) is 0. The van der Waals surface area contributed by atoms with Crippen LogP contribution in [0.15, 0.2) is 24.3 Å². The van der Waals surface area contributed by atoms with E-state index in [1.54, 1.807) is 36.0 Å². The number of carbonyl (C=O) groups is 2. The molecule has 1 aromatic rings. The van der Waals surface area contributed by atoms with Crippen LogP contribution in [-0.4, -0.2) is 47.5 Å². The quantitative estimate of drug-likeness (QED) is 0.619. The van der Waals surface area contributed by atoms with E-state index in [2.05, 4.69) is 0 Å². The van der Waals surface area contributed by atoms with E-state index in [-0.39, 0.29) is 11.8 Å². The minimum Gasteiger partial charge on any atom is -0.377 e. The second-order valence-electron chi connectivity index (χ2n) is 5.37. The molecule has 0 radical (unpaired) electrons. The SMILES string of the molecule is O=C1c2ccccc2C(=O)N1CCSC[C@@H]1CCCCO1. The highest BCUT2D eigenvalue weighted by Crippen LogP contribution is 2.23. The molecule has 0 aliphatic carbocycles. The van der Waals surface area contributed by atoms with Crippen molar-refractivity contribution < 1.29 is 14.3 Å². The van der Waals surface area contributed by atoms with E-state index in [1.165, 1.54) is 11.3 Å². The van der Waals surface area contributed by atoms with E-state index in [0.29, 0.717) is 23.8 Å². The van der Waals surface area contributed by atoms with E-state index < -0.39 is 0 Å². The third-order valence-electron chi connectivity index (χ3n) is 3.92. The van der Waals surface area contributed by atoms with Crippen molar-refractivity contribution in [1.29, 1.82) is 0 Å². The Morgan fingerprint density at radius 3 is 2.48 bits per heavy atom. The second kappa shape index (κ2) is 6.62. The first-order valence-corrected chi connectivity index (χ1v) is 8.57. The number of carbonyl (C=O) groups excluding carboxylic acids is 2. The zero-order chi connectivity index (χ0) is 14.7. The number of nitrogens with zero attached hydrogens (tertiary/aromatic N) is 1. The smallest absolute Gasteiger partial charge is 0.261 e. The number of hydrogen-bond acceptors (Lipinski definition) is 4. The summed E-state index contributed by atoms with van der Waals surface area (Å²) in [4.78, 5) is 25.7. The van der Waals surface area contributed by atoms with Gasteiger partial charge < -0.3 is 4.74 Å². The van der Waals surface area contributed by atoms with Crippen molar-refractivity contribution in [1.82, 2.24) is 4.90 Å². The lowest BCUT2D eigenvalue weighted by Crippen LogP contribution is -2.32. The molecule has 0 spiro atoms. The molecule has 112 valence electrons. The van der Waals surface area contributed by atoms with Crippen LogP contribution >= 0.6 is 11.8 Å². The fourth-order valence-corrected chi connectivity index (χ4v) is 3.76. The van der Waals surface area contributed by atoms with Crippen molar-refractivity contribution in [3.05, 3.63) is 35.4 Å². The minimum absolute atomic E-state index is 0.162. The molecule has 0 unspecified atom stereocenters. The lowest BCUT2D eigenvalue weighted by atomic mass is 10.1. The fourth-order valence-electron chi connectivity index (χ4n) is 2.75. The molecular weight excluding hydrogens is 286 g/mol. The third kappa shape index (κ3) is 3.14. The van der Waals surface area contributed by atoms with Crippen molar-refractivity contribution in [2.24, 2.45) is 0 Å². The molecule has 1 aromatic carbocycles. The van der Waals surface area contributed by atoms with Gasteiger partial charge in [-0.15, -0.1) is 0 Å². The Bertz CT molecular complexity index is 505. The molecule has 2 heterocycles. The Kier molecular flexibility index (Phi) is 4.60. The number of hydrogen-bond donors (Lipinski definition) is 0. The number of fused-ring (bicyclic) bond motifs is 1. The molecule has 3 rings (SSSR count). The molecular formula is C16H19NO3S. The standard InChI is InChI=1S/C16H19NO3S/c18-15-13-6-1-2-7-14(13)16(19)17(15)8-10-21-11-12-5-3-4-9-20-12/h1-2,6-7,12H,3-5,8-11H2/t12-/m0/s1. The van der Waals surface area contributed by atoms with Crippen molar-refractivity contribution in [2.75, 3.05) is 24.7 Å². The van der Waals surface area contributed by atoms with Gasteiger partial charge in [0, 0.05) is 24.7 Å². The van der Waals surface area contributed by atoms with Gasteiger partial charge in [0.25, 0.3) is 11.8 Å². The van der Waals surface area contributed by atoms with Crippen molar-refractivity contribution in [3.63, 3.8) is 0 Å². The van der Waals surface area contributed by atoms with Gasteiger partial charge in [0.15, 0.2) is 0 Å². The third-order valence-corrected chi connectivity index (χ3v) is 4.99. The molecule has 21 heavy (non-hydrogen) atoms. The topological polar surface area (TPSA) is 46.6 Å². The first-order chi connectivity index (χ1) is 10.3. The van der Waals surface area contributed by atoms with Gasteiger partial charge >= 0.3 is 0 Å². The number of benzene rings is 1. The Hall–Kier alpha value is -1.33. The van der Waals surface area contributed by atoms with E-state index in [4.69, 9.17) is 4.74 Å². The number of ether oxygens (including phenoxy) is 1. The van der Waals surface area contributed by atoms with Gasteiger partial charge in [-0.3, -0.25) is 14.5 Å². The average Bonchev–Trinajstić information content (AvgIpc) is 2.77. The van der Waals surface area contributed by atoms with Crippen LogP contribution in [0.4, 0.5) is 0 Å². The van der Waals surface area contributed by atoms with Gasteiger partial charge in [-0.05, 0) is 31.4 Å². The van der Waals surface area contributed by atoms with Gasteiger partial charge in [-0.2, -0.15) is 11.8 Å². The molecule has 2 aliphatic heterocycles. The summed E-state index contributed by atoms with van der Waals surface area (Å²) in [6.45, 7) is 1.34. The zero-order valence-corrected chi connectivity index (χ0v) is 12.7. The molecule has 0 aromatic heterocycles. The van der Waals surface area contributed by atoms with E-state index >= 15 is 0 Å². The van der Waals surface area contributed by atoms with Crippen molar-refractivity contribution >= 4 is 23.6 Å². The summed E-state index contributed by atoms with van der Waals surface area (Å²) in [6, 6.07) is 7.03. The van der Waals surface area contributed by atoms with Gasteiger partial charge in [0.2, 0.25) is 0 Å². The first kappa shape index (κ1) is 14.6. The van der Waals surface area contributed by atoms with Crippen LogP contribution in [0.5, 0.6) is 0 Å². The predicted octanol–water partition coefficient (Wildman–Crippen LogP) is 2.58. The summed E-state index contributed by atoms with van der Waals surface area (Å²) in [5.41, 5.74) is 1.06. The molecule has 0 N–H and O–H groups in total. The number of thioether (sulfide) groups is 1. The number of amides is 2. The van der Waals surface area contributed by atoms with Crippen LogP contribution in [0.1, 0.15) is 40.0 Å². The summed E-state index contributed by atoms with van der Waals surface area (Å²) in [6.07, 6.45) is 3.87. The highest BCUT2D eigenvalue weighted by molar-refractivity contribution is 7.99. The maximum atomic E-state index is 12.2. The van der Waals surface area contributed by atoms with Gasteiger partial charge in [-0.1, -0.05) is 12.1 Å². The maximum absolute atomic E-state index is 12.2. The van der Waals surface area contributed by atoms with Crippen LogP contribution in [0, 0.1) is 0 Å². The van der Waals surface area contributed by atoms with Crippen LogP contribution in [0.25, 0.3) is 0 Å². The zero-order valence-electron chi connectivity index (χ0n) is 11.9. The van der Waals surface area contributed by atoms with Gasteiger partial charge in [0.1, 0.15) is 0 Å². The molecule has 5 heteroatoms. The van der Waals surface area contributed by atoms with Gasteiger partial charge in [-0.25, -0.2) is 0 Å². The molecule has 2 aliphatic rings. The normalized spacial score (nSPS) is 21.7. The van der Waals surface area contributed by atoms with Crippen LogP contribution in [0.3, 0.4) is 0 Å². The van der Waals surface area contributed by atoms with E-state index in [1.807, 2.05) is 0 Å². The van der Waals surface area contributed by atoms with Crippen LogP contribution in [0.2, 0.25) is 0 Å². The lowest BCUT2D eigenvalue weighted by Gasteiger charge is -2.22. The minimum atomic E-state index is -0.162. The maximum Gasteiger partial charge on any atom is 0.261 e. The Morgan fingerprint density at radius 1 is 1.14 bits per heavy atom. The highest BCUT2D eigenvalue weighted by Gasteiger charge is 2.34. The number of imide groups is 1. The predicted molar refractivity (Wildman–Crippen MR) is 82.7 cm³/mol.